The number of hydrogen-bond acceptors (Lipinski definition) is 4. The zero-order valence-electron chi connectivity index (χ0n) is 11.4. The molecule has 0 bridgehead atoms. The first kappa shape index (κ1) is 14.8. The van der Waals surface area contributed by atoms with Crippen LogP contribution in [0.5, 0.6) is 0 Å². The Balaban J connectivity index is 1.98. The van der Waals surface area contributed by atoms with Crippen molar-refractivity contribution in [3.05, 3.63) is 34.4 Å². The number of anilines is 1. The first-order chi connectivity index (χ1) is 9.58. The molecule has 1 atom stereocenters. The average molecular weight is 294 g/mol. The molecule has 1 aliphatic rings. The second-order valence-electron chi connectivity index (χ2n) is 4.95. The van der Waals surface area contributed by atoms with Crippen molar-refractivity contribution in [1.82, 2.24) is 0 Å². The molecule has 2 rings (SSSR count). The highest BCUT2D eigenvalue weighted by atomic mass is 32.2. The lowest BCUT2D eigenvalue weighted by Crippen LogP contribution is -2.24. The summed E-state index contributed by atoms with van der Waals surface area (Å²) >= 11 is 1.67. The number of para-hydroxylation sites is 2. The van der Waals surface area contributed by atoms with E-state index in [0.29, 0.717) is 5.25 Å². The Kier molecular flexibility index (Phi) is 5.00. The lowest BCUT2D eigenvalue weighted by Gasteiger charge is -2.16. The summed E-state index contributed by atoms with van der Waals surface area (Å²) in [7, 11) is 0. The molecule has 0 radical (unpaired) electrons. The van der Waals surface area contributed by atoms with Crippen LogP contribution in [0.1, 0.15) is 32.6 Å². The number of thioether (sulfide) groups is 1. The number of rotatable bonds is 5. The molecule has 0 aromatic heterocycles. The summed E-state index contributed by atoms with van der Waals surface area (Å²) < 4.78 is 0. The molecule has 1 aliphatic carbocycles. The van der Waals surface area contributed by atoms with E-state index in [1.54, 1.807) is 30.0 Å². The highest BCUT2D eigenvalue weighted by molar-refractivity contribution is 8.01. The maximum atomic E-state index is 12.1. The largest absolute Gasteiger partial charge is 0.319 e. The minimum atomic E-state index is -0.482. The minimum absolute atomic E-state index is 0.0704. The fraction of sp³-hybridized carbons (Fsp3) is 0.500. The number of benzene rings is 1. The van der Waals surface area contributed by atoms with E-state index in [4.69, 9.17) is 0 Å². The Bertz CT molecular complexity index is 501. The summed E-state index contributed by atoms with van der Waals surface area (Å²) in [6.07, 6.45) is 4.79. The number of nitrogens with zero attached hydrogens (tertiary/aromatic N) is 1. The second-order valence-corrected chi connectivity index (χ2v) is 6.59. The Labute approximate surface area is 122 Å². The van der Waals surface area contributed by atoms with Crippen molar-refractivity contribution >= 4 is 29.0 Å². The normalized spacial score (nSPS) is 16.9. The Hall–Kier alpha value is -1.56. The molecule has 0 unspecified atom stereocenters. The molecule has 5 nitrogen and oxygen atoms in total. The average Bonchev–Trinajstić information content (AvgIpc) is 2.91. The van der Waals surface area contributed by atoms with Crippen LogP contribution in [0.2, 0.25) is 0 Å². The first-order valence-corrected chi connectivity index (χ1v) is 7.72. The molecular weight excluding hydrogens is 276 g/mol. The van der Waals surface area contributed by atoms with Gasteiger partial charge in [-0.25, -0.2) is 0 Å². The van der Waals surface area contributed by atoms with Gasteiger partial charge in [0.15, 0.2) is 0 Å². The van der Waals surface area contributed by atoms with Crippen molar-refractivity contribution in [3.63, 3.8) is 0 Å². The number of nitrogens with one attached hydrogen (secondary N) is 1. The summed E-state index contributed by atoms with van der Waals surface area (Å²) in [6, 6.07) is 6.22. The SMILES string of the molecule is C[C@H](SC1CCCC1)C(=O)Nc1ccccc1[N+](=O)[O-]. The number of carbonyl (C=O) groups is 1. The van der Waals surface area contributed by atoms with E-state index in [9.17, 15) is 14.9 Å². The van der Waals surface area contributed by atoms with Crippen molar-refractivity contribution in [3.8, 4) is 0 Å². The predicted molar refractivity (Wildman–Crippen MR) is 81.0 cm³/mol. The van der Waals surface area contributed by atoms with Gasteiger partial charge in [-0.3, -0.25) is 14.9 Å². The molecular formula is C14H18N2O3S. The van der Waals surface area contributed by atoms with Gasteiger partial charge in [0, 0.05) is 11.3 Å². The van der Waals surface area contributed by atoms with Gasteiger partial charge in [0.05, 0.1) is 10.2 Å². The van der Waals surface area contributed by atoms with Crippen molar-refractivity contribution in [2.75, 3.05) is 5.32 Å². The van der Waals surface area contributed by atoms with Gasteiger partial charge in [-0.1, -0.05) is 25.0 Å². The molecule has 0 saturated heterocycles. The molecule has 108 valence electrons. The van der Waals surface area contributed by atoms with Crippen molar-refractivity contribution in [2.45, 2.75) is 43.1 Å². The third kappa shape index (κ3) is 3.72. The molecule has 1 aromatic rings. The highest BCUT2D eigenvalue weighted by Crippen LogP contribution is 2.33. The summed E-state index contributed by atoms with van der Waals surface area (Å²) in [5, 5.41) is 13.9. The van der Waals surface area contributed by atoms with Crippen molar-refractivity contribution in [2.24, 2.45) is 0 Å². The molecule has 0 heterocycles. The Morgan fingerprint density at radius 2 is 2.05 bits per heavy atom. The van der Waals surface area contributed by atoms with Crippen LogP contribution in [-0.4, -0.2) is 21.3 Å². The predicted octanol–water partition coefficient (Wildman–Crippen LogP) is 3.60. The highest BCUT2D eigenvalue weighted by Gasteiger charge is 2.24. The molecule has 20 heavy (non-hydrogen) atoms. The third-order valence-corrected chi connectivity index (χ3v) is 4.91. The minimum Gasteiger partial charge on any atom is -0.319 e. The molecule has 1 aromatic carbocycles. The summed E-state index contributed by atoms with van der Waals surface area (Å²) in [5.41, 5.74) is 0.195. The summed E-state index contributed by atoms with van der Waals surface area (Å²) in [4.78, 5) is 22.5. The van der Waals surface area contributed by atoms with Crippen LogP contribution in [0, 0.1) is 10.1 Å². The van der Waals surface area contributed by atoms with E-state index >= 15 is 0 Å². The van der Waals surface area contributed by atoms with E-state index in [2.05, 4.69) is 5.32 Å². The van der Waals surface area contributed by atoms with Crippen LogP contribution in [-0.2, 0) is 4.79 Å². The maximum Gasteiger partial charge on any atom is 0.292 e. The summed E-state index contributed by atoms with van der Waals surface area (Å²) in [6.45, 7) is 1.85. The van der Waals surface area contributed by atoms with Crippen LogP contribution >= 0.6 is 11.8 Å². The van der Waals surface area contributed by atoms with E-state index in [1.807, 2.05) is 6.92 Å². The van der Waals surface area contributed by atoms with Crippen molar-refractivity contribution in [1.29, 1.82) is 0 Å². The van der Waals surface area contributed by atoms with Crippen molar-refractivity contribution < 1.29 is 9.72 Å². The lowest BCUT2D eigenvalue weighted by molar-refractivity contribution is -0.383. The van der Waals surface area contributed by atoms with E-state index < -0.39 is 4.92 Å². The molecule has 0 spiro atoms. The number of hydrogen-bond donors (Lipinski definition) is 1. The molecule has 1 amide bonds. The lowest BCUT2D eigenvalue weighted by atomic mass is 10.2. The quantitative estimate of drug-likeness (QED) is 0.665. The van der Waals surface area contributed by atoms with Gasteiger partial charge in [0.2, 0.25) is 5.91 Å². The van der Waals surface area contributed by atoms with E-state index in [1.165, 1.54) is 18.9 Å². The topological polar surface area (TPSA) is 72.2 Å². The van der Waals surface area contributed by atoms with Crippen LogP contribution in [0.3, 0.4) is 0 Å². The number of amides is 1. The van der Waals surface area contributed by atoms with Gasteiger partial charge in [-0.05, 0) is 25.8 Å². The fourth-order valence-electron chi connectivity index (χ4n) is 2.35. The smallest absolute Gasteiger partial charge is 0.292 e. The standard InChI is InChI=1S/C14H18N2O3S/c1-10(20-11-6-2-3-7-11)14(17)15-12-8-4-5-9-13(12)16(18)19/h4-5,8-11H,2-3,6-7H2,1H3,(H,15,17)/t10-/m0/s1. The van der Waals surface area contributed by atoms with Crippen LogP contribution in [0.4, 0.5) is 11.4 Å². The van der Waals surface area contributed by atoms with Crippen LogP contribution in [0.25, 0.3) is 0 Å². The van der Waals surface area contributed by atoms with Gasteiger partial charge in [0.25, 0.3) is 5.69 Å². The van der Waals surface area contributed by atoms with Gasteiger partial charge < -0.3 is 5.32 Å². The Morgan fingerprint density at radius 3 is 2.70 bits per heavy atom. The molecule has 0 aliphatic heterocycles. The zero-order valence-corrected chi connectivity index (χ0v) is 12.2. The summed E-state index contributed by atoms with van der Waals surface area (Å²) in [5.74, 6) is -0.170. The number of nitro benzene ring substituents is 1. The number of nitro groups is 1. The molecule has 1 N–H and O–H groups in total. The van der Waals surface area contributed by atoms with Gasteiger partial charge >= 0.3 is 0 Å². The van der Waals surface area contributed by atoms with Gasteiger partial charge in [0.1, 0.15) is 5.69 Å². The van der Waals surface area contributed by atoms with E-state index in [0.717, 1.165) is 12.8 Å². The molecule has 6 heteroatoms. The molecule has 1 fully saturated rings. The van der Waals surface area contributed by atoms with Crippen LogP contribution < -0.4 is 5.32 Å². The second kappa shape index (κ2) is 6.74. The maximum absolute atomic E-state index is 12.1. The van der Waals surface area contributed by atoms with Gasteiger partial charge in [-0.15, -0.1) is 11.8 Å². The zero-order chi connectivity index (χ0) is 14.5. The number of carbonyl (C=O) groups excluding carboxylic acids is 1. The van der Waals surface area contributed by atoms with Crippen LogP contribution in [0.15, 0.2) is 24.3 Å². The Morgan fingerprint density at radius 1 is 1.40 bits per heavy atom. The monoisotopic (exact) mass is 294 g/mol. The van der Waals surface area contributed by atoms with E-state index in [-0.39, 0.29) is 22.5 Å². The molecule has 1 saturated carbocycles. The third-order valence-electron chi connectivity index (χ3n) is 3.43. The fourth-order valence-corrected chi connectivity index (χ4v) is 3.71. The first-order valence-electron chi connectivity index (χ1n) is 6.77. The van der Waals surface area contributed by atoms with Gasteiger partial charge in [-0.2, -0.15) is 0 Å².